The first-order valence-corrected chi connectivity index (χ1v) is 7.01. The van der Waals surface area contributed by atoms with E-state index < -0.39 is 0 Å². The van der Waals surface area contributed by atoms with Gasteiger partial charge >= 0.3 is 0 Å². The van der Waals surface area contributed by atoms with Crippen molar-refractivity contribution in [2.24, 2.45) is 0 Å². The van der Waals surface area contributed by atoms with Gasteiger partial charge in [-0.3, -0.25) is 9.78 Å². The van der Waals surface area contributed by atoms with Gasteiger partial charge < -0.3 is 10.4 Å². The van der Waals surface area contributed by atoms with E-state index in [1.807, 2.05) is 0 Å². The summed E-state index contributed by atoms with van der Waals surface area (Å²) >= 11 is 1.72. The minimum atomic E-state index is -0.0159. The average Bonchev–Trinajstić information content (AvgIpc) is 2.77. The van der Waals surface area contributed by atoms with Crippen molar-refractivity contribution >= 4 is 17.7 Å². The standard InChI is InChI=1S/C11H17N3O2S/c15-5-3-1-2-4-12-11-13-9-7-17-6-8(9)10(16)14-11/h15H,1-7H2,(H2,12,13,14,16). The fourth-order valence-electron chi connectivity index (χ4n) is 1.77. The fourth-order valence-corrected chi connectivity index (χ4v) is 2.80. The van der Waals surface area contributed by atoms with Gasteiger partial charge in [0.1, 0.15) is 0 Å². The van der Waals surface area contributed by atoms with E-state index in [2.05, 4.69) is 15.3 Å². The van der Waals surface area contributed by atoms with Crippen molar-refractivity contribution in [3.8, 4) is 0 Å². The highest BCUT2D eigenvalue weighted by Gasteiger charge is 2.17. The Morgan fingerprint density at radius 3 is 3.06 bits per heavy atom. The molecule has 1 aliphatic heterocycles. The summed E-state index contributed by atoms with van der Waals surface area (Å²) in [5.74, 6) is 2.17. The van der Waals surface area contributed by atoms with Crippen molar-refractivity contribution in [1.29, 1.82) is 0 Å². The molecule has 0 radical (unpaired) electrons. The number of hydrogen-bond acceptors (Lipinski definition) is 5. The molecule has 0 bridgehead atoms. The molecule has 2 rings (SSSR count). The third-order valence-corrected chi connectivity index (χ3v) is 3.68. The van der Waals surface area contributed by atoms with E-state index in [9.17, 15) is 4.79 Å². The Morgan fingerprint density at radius 1 is 1.35 bits per heavy atom. The van der Waals surface area contributed by atoms with Crippen LogP contribution in [0, 0.1) is 0 Å². The number of unbranched alkanes of at least 4 members (excludes halogenated alkanes) is 2. The summed E-state index contributed by atoms with van der Waals surface area (Å²) in [6.07, 6.45) is 2.77. The molecule has 0 spiro atoms. The summed E-state index contributed by atoms with van der Waals surface area (Å²) in [5.41, 5.74) is 1.72. The zero-order valence-corrected chi connectivity index (χ0v) is 10.5. The third kappa shape index (κ3) is 3.23. The maximum absolute atomic E-state index is 11.7. The molecule has 0 fully saturated rings. The Hall–Kier alpha value is -1.01. The molecule has 0 saturated heterocycles. The quantitative estimate of drug-likeness (QED) is 0.663. The molecule has 0 amide bonds. The van der Waals surface area contributed by atoms with Crippen molar-refractivity contribution in [3.63, 3.8) is 0 Å². The number of thioether (sulfide) groups is 1. The van der Waals surface area contributed by atoms with Crippen LogP contribution < -0.4 is 10.9 Å². The van der Waals surface area contributed by atoms with Gasteiger partial charge in [0.2, 0.25) is 5.95 Å². The lowest BCUT2D eigenvalue weighted by atomic mass is 10.2. The van der Waals surface area contributed by atoms with Crippen LogP contribution in [0.25, 0.3) is 0 Å². The Balaban J connectivity index is 1.89. The molecule has 5 nitrogen and oxygen atoms in total. The highest BCUT2D eigenvalue weighted by atomic mass is 32.2. The maximum Gasteiger partial charge on any atom is 0.256 e. The van der Waals surface area contributed by atoms with Gasteiger partial charge in [0, 0.05) is 30.2 Å². The van der Waals surface area contributed by atoms with E-state index in [1.165, 1.54) is 0 Å². The first kappa shape index (κ1) is 12.4. The summed E-state index contributed by atoms with van der Waals surface area (Å²) in [4.78, 5) is 18.8. The first-order chi connectivity index (χ1) is 8.31. The van der Waals surface area contributed by atoms with E-state index in [1.54, 1.807) is 11.8 Å². The number of rotatable bonds is 6. The number of nitrogens with one attached hydrogen (secondary N) is 2. The van der Waals surface area contributed by atoms with Crippen molar-refractivity contribution in [1.82, 2.24) is 9.97 Å². The van der Waals surface area contributed by atoms with E-state index in [0.717, 1.165) is 48.6 Å². The minimum Gasteiger partial charge on any atom is -0.396 e. The number of aromatic nitrogens is 2. The number of aliphatic hydroxyl groups is 1. The van der Waals surface area contributed by atoms with E-state index in [-0.39, 0.29) is 12.2 Å². The second-order valence-corrected chi connectivity index (χ2v) is 5.03. The normalized spacial score (nSPS) is 13.7. The number of hydrogen-bond donors (Lipinski definition) is 3. The molecule has 0 unspecified atom stereocenters. The monoisotopic (exact) mass is 255 g/mol. The van der Waals surface area contributed by atoms with Gasteiger partial charge in [-0.25, -0.2) is 4.98 Å². The number of aliphatic hydroxyl groups excluding tert-OH is 1. The number of fused-ring (bicyclic) bond motifs is 1. The van der Waals surface area contributed by atoms with Crippen LogP contribution in [0.15, 0.2) is 4.79 Å². The highest BCUT2D eigenvalue weighted by molar-refractivity contribution is 7.98. The molecule has 1 aromatic rings. The predicted molar refractivity (Wildman–Crippen MR) is 69.3 cm³/mol. The lowest BCUT2D eigenvalue weighted by molar-refractivity contribution is 0.283. The Bertz CT molecular complexity index is 433. The van der Waals surface area contributed by atoms with Crippen LogP contribution in [0.3, 0.4) is 0 Å². The second kappa shape index (κ2) is 6.07. The molecule has 2 heterocycles. The molecule has 3 N–H and O–H groups in total. The van der Waals surface area contributed by atoms with E-state index >= 15 is 0 Å². The Labute approximate surface area is 104 Å². The van der Waals surface area contributed by atoms with Gasteiger partial charge in [0.25, 0.3) is 5.56 Å². The second-order valence-electron chi connectivity index (χ2n) is 4.04. The zero-order chi connectivity index (χ0) is 12.1. The number of H-pyrrole nitrogens is 1. The smallest absolute Gasteiger partial charge is 0.256 e. The molecule has 0 aliphatic carbocycles. The van der Waals surface area contributed by atoms with Crippen molar-refractivity contribution in [2.75, 3.05) is 18.5 Å². The molecule has 0 aromatic carbocycles. The third-order valence-electron chi connectivity index (χ3n) is 2.71. The van der Waals surface area contributed by atoms with E-state index in [0.29, 0.717) is 5.95 Å². The maximum atomic E-state index is 11.7. The largest absolute Gasteiger partial charge is 0.396 e. The van der Waals surface area contributed by atoms with Gasteiger partial charge in [0.15, 0.2) is 0 Å². The van der Waals surface area contributed by atoms with Crippen molar-refractivity contribution in [3.05, 3.63) is 21.6 Å². The summed E-state index contributed by atoms with van der Waals surface area (Å²) in [5, 5.41) is 11.8. The van der Waals surface area contributed by atoms with Crippen LogP contribution in [0.4, 0.5) is 5.95 Å². The summed E-state index contributed by atoms with van der Waals surface area (Å²) in [7, 11) is 0. The van der Waals surface area contributed by atoms with Crippen molar-refractivity contribution < 1.29 is 5.11 Å². The molecule has 0 atom stereocenters. The average molecular weight is 255 g/mol. The van der Waals surface area contributed by atoms with Gasteiger partial charge in [-0.15, -0.1) is 0 Å². The van der Waals surface area contributed by atoms with Gasteiger partial charge in [-0.1, -0.05) is 0 Å². The van der Waals surface area contributed by atoms with Gasteiger partial charge in [-0.05, 0) is 19.3 Å². The Kier molecular flexibility index (Phi) is 4.44. The molecule has 0 saturated carbocycles. The lowest BCUT2D eigenvalue weighted by Gasteiger charge is -2.06. The van der Waals surface area contributed by atoms with Crippen LogP contribution in [-0.2, 0) is 11.5 Å². The molecule has 1 aliphatic rings. The minimum absolute atomic E-state index is 0.0159. The van der Waals surface area contributed by atoms with Crippen LogP contribution in [-0.4, -0.2) is 28.2 Å². The SMILES string of the molecule is O=c1[nH]c(NCCCCCO)nc2c1CSC2. The predicted octanol–water partition coefficient (Wildman–Crippen LogP) is 1.09. The first-order valence-electron chi connectivity index (χ1n) is 5.86. The molecular formula is C11H17N3O2S. The number of aromatic amines is 1. The summed E-state index contributed by atoms with van der Waals surface area (Å²) < 4.78 is 0. The molecule has 6 heteroatoms. The molecule has 17 heavy (non-hydrogen) atoms. The lowest BCUT2D eigenvalue weighted by Crippen LogP contribution is -2.18. The van der Waals surface area contributed by atoms with Gasteiger partial charge in [-0.2, -0.15) is 11.8 Å². The summed E-state index contributed by atoms with van der Waals surface area (Å²) in [6.45, 7) is 1.01. The van der Waals surface area contributed by atoms with Crippen molar-refractivity contribution in [2.45, 2.75) is 30.8 Å². The topological polar surface area (TPSA) is 78.0 Å². The van der Waals surface area contributed by atoms with Crippen LogP contribution in [0.5, 0.6) is 0 Å². The van der Waals surface area contributed by atoms with Crippen LogP contribution in [0.2, 0.25) is 0 Å². The van der Waals surface area contributed by atoms with E-state index in [4.69, 9.17) is 5.11 Å². The van der Waals surface area contributed by atoms with Crippen LogP contribution >= 0.6 is 11.8 Å². The Morgan fingerprint density at radius 2 is 2.24 bits per heavy atom. The zero-order valence-electron chi connectivity index (χ0n) is 9.66. The number of anilines is 1. The van der Waals surface area contributed by atoms with Gasteiger partial charge in [0.05, 0.1) is 5.69 Å². The highest BCUT2D eigenvalue weighted by Crippen LogP contribution is 2.25. The molecule has 94 valence electrons. The fraction of sp³-hybridized carbons (Fsp3) is 0.636. The number of nitrogens with zero attached hydrogens (tertiary/aromatic N) is 1. The molecular weight excluding hydrogens is 238 g/mol. The van der Waals surface area contributed by atoms with Crippen LogP contribution in [0.1, 0.15) is 30.5 Å². The molecule has 1 aromatic heterocycles. The summed E-state index contributed by atoms with van der Waals surface area (Å²) in [6, 6.07) is 0.